The maximum absolute atomic E-state index is 10.7. The van der Waals surface area contributed by atoms with Crippen molar-refractivity contribution in [1.82, 2.24) is 0 Å². The highest BCUT2D eigenvalue weighted by molar-refractivity contribution is 5.78. The monoisotopic (exact) mass is 236 g/mol. The molecule has 0 aromatic heterocycles. The van der Waals surface area contributed by atoms with Crippen molar-refractivity contribution in [2.75, 3.05) is 0 Å². The first-order chi connectivity index (χ1) is 8.08. The number of carbonyl (C=O) groups excluding carboxylic acids is 2. The first kappa shape index (κ1) is 13.1. The number of aryl methyl sites for hydroxylation is 1. The van der Waals surface area contributed by atoms with Gasteiger partial charge in [-0.05, 0) is 29.7 Å². The van der Waals surface area contributed by atoms with Crippen LogP contribution in [0.2, 0.25) is 0 Å². The molecule has 1 rings (SSSR count). The molecule has 5 heteroatoms. The Balaban J connectivity index is 3.08. The summed E-state index contributed by atoms with van der Waals surface area (Å²) in [6, 6.07) is 4.36. The number of carboxylic acid groups (broad SMARTS) is 1. The highest BCUT2D eigenvalue weighted by Gasteiger charge is 2.17. The summed E-state index contributed by atoms with van der Waals surface area (Å²) in [7, 11) is 0. The Morgan fingerprint density at radius 2 is 2.00 bits per heavy atom. The molecule has 0 aliphatic rings. The van der Waals surface area contributed by atoms with Crippen molar-refractivity contribution >= 4 is 18.5 Å². The average Bonchev–Trinajstić information content (AvgIpc) is 2.34. The molecule has 5 nitrogen and oxygen atoms in total. The molecule has 90 valence electrons. The number of carbonyl (C=O) groups is 3. The molecule has 0 aliphatic heterocycles. The van der Waals surface area contributed by atoms with Crippen LogP contribution in [0.15, 0.2) is 18.2 Å². The lowest BCUT2D eigenvalue weighted by Gasteiger charge is -2.09. The first-order valence-corrected chi connectivity index (χ1v) is 5.02. The van der Waals surface area contributed by atoms with Crippen LogP contribution >= 0.6 is 0 Å². The minimum atomic E-state index is -1.66. The average molecular weight is 236 g/mol. The van der Waals surface area contributed by atoms with Crippen LogP contribution in [-0.2, 0) is 16.0 Å². The van der Waals surface area contributed by atoms with Gasteiger partial charge in [0.1, 0.15) is 12.6 Å². The highest BCUT2D eigenvalue weighted by atomic mass is 16.4. The fraction of sp³-hybridized carbons (Fsp3) is 0.250. The summed E-state index contributed by atoms with van der Waals surface area (Å²) in [4.78, 5) is 31.6. The summed E-state index contributed by atoms with van der Waals surface area (Å²) in [5.74, 6) is -1.38. The smallest absolute Gasteiger partial charge is 0.337 e. The third-order valence-electron chi connectivity index (χ3n) is 2.27. The van der Waals surface area contributed by atoms with Crippen LogP contribution in [0, 0.1) is 0 Å². The summed E-state index contributed by atoms with van der Waals surface area (Å²) in [5.41, 5.74) is 1.07. The zero-order valence-electron chi connectivity index (χ0n) is 9.00. The maximum Gasteiger partial charge on any atom is 0.337 e. The summed E-state index contributed by atoms with van der Waals surface area (Å²) in [6.45, 7) is 0. The minimum absolute atomic E-state index is 0.142. The van der Waals surface area contributed by atoms with Gasteiger partial charge in [0.05, 0.1) is 0 Å². The van der Waals surface area contributed by atoms with E-state index in [1.54, 1.807) is 6.07 Å². The molecule has 0 saturated carbocycles. The number of rotatable bonds is 6. The first-order valence-electron chi connectivity index (χ1n) is 5.02. The van der Waals surface area contributed by atoms with Crippen LogP contribution in [0.3, 0.4) is 0 Å². The van der Waals surface area contributed by atoms with Gasteiger partial charge in [-0.25, -0.2) is 4.79 Å². The van der Waals surface area contributed by atoms with Gasteiger partial charge in [-0.3, -0.25) is 4.79 Å². The number of carboxylic acids is 1. The fourth-order valence-electron chi connectivity index (χ4n) is 1.48. The fourth-order valence-corrected chi connectivity index (χ4v) is 1.48. The molecule has 0 bridgehead atoms. The van der Waals surface area contributed by atoms with Gasteiger partial charge in [0.25, 0.3) is 0 Å². The molecule has 17 heavy (non-hydrogen) atoms. The molecule has 0 heterocycles. The van der Waals surface area contributed by atoms with Gasteiger partial charge in [0, 0.05) is 12.0 Å². The summed E-state index contributed by atoms with van der Waals surface area (Å²) in [5, 5.41) is 18.1. The van der Waals surface area contributed by atoms with E-state index in [0.717, 1.165) is 6.29 Å². The van der Waals surface area contributed by atoms with E-state index in [4.69, 9.17) is 5.11 Å². The second-order valence-electron chi connectivity index (χ2n) is 3.57. The maximum atomic E-state index is 10.7. The zero-order chi connectivity index (χ0) is 12.8. The number of aliphatic hydroxyl groups excluding tert-OH is 1. The normalized spacial score (nSPS) is 11.8. The molecule has 0 spiro atoms. The predicted octanol–water partition coefficient (Wildman–Crippen LogP) is 0.749. The van der Waals surface area contributed by atoms with Crippen LogP contribution < -0.4 is 0 Å². The largest absolute Gasteiger partial charge is 0.479 e. The third kappa shape index (κ3) is 3.49. The summed E-state index contributed by atoms with van der Waals surface area (Å²) in [6.07, 6.45) is 0.337. The number of hydrogen-bond donors (Lipinski definition) is 2. The lowest BCUT2D eigenvalue weighted by Crippen LogP contribution is -2.11. The molecule has 0 aliphatic carbocycles. The van der Waals surface area contributed by atoms with Crippen LogP contribution in [0.5, 0.6) is 0 Å². The third-order valence-corrected chi connectivity index (χ3v) is 2.27. The number of aliphatic carboxylic acids is 1. The van der Waals surface area contributed by atoms with Crippen LogP contribution in [0.25, 0.3) is 0 Å². The molecule has 1 aromatic rings. The Morgan fingerprint density at radius 1 is 1.29 bits per heavy atom. The lowest BCUT2D eigenvalue weighted by atomic mass is 10.00. The number of aldehydes is 2. The van der Waals surface area contributed by atoms with E-state index in [-0.39, 0.29) is 17.5 Å². The van der Waals surface area contributed by atoms with Gasteiger partial charge >= 0.3 is 5.97 Å². The molecule has 0 saturated heterocycles. The number of hydrogen-bond acceptors (Lipinski definition) is 4. The highest BCUT2D eigenvalue weighted by Crippen LogP contribution is 2.18. The molecular formula is C12H12O5. The van der Waals surface area contributed by atoms with Crippen molar-refractivity contribution in [1.29, 1.82) is 0 Å². The van der Waals surface area contributed by atoms with Crippen molar-refractivity contribution < 1.29 is 24.6 Å². The quantitative estimate of drug-likeness (QED) is 0.711. The molecule has 0 radical (unpaired) electrons. The van der Waals surface area contributed by atoms with Crippen molar-refractivity contribution in [2.45, 2.75) is 18.9 Å². The number of aliphatic hydroxyl groups is 1. The van der Waals surface area contributed by atoms with E-state index < -0.39 is 12.1 Å². The van der Waals surface area contributed by atoms with Crippen molar-refractivity contribution in [3.8, 4) is 0 Å². The molecular weight excluding hydrogens is 224 g/mol. The van der Waals surface area contributed by atoms with Gasteiger partial charge < -0.3 is 15.0 Å². The van der Waals surface area contributed by atoms with Crippen molar-refractivity contribution in [2.24, 2.45) is 0 Å². The summed E-state index contributed by atoms with van der Waals surface area (Å²) < 4.78 is 0. The Morgan fingerprint density at radius 3 is 2.53 bits per heavy atom. The van der Waals surface area contributed by atoms with Crippen LogP contribution in [0.1, 0.15) is 34.0 Å². The van der Waals surface area contributed by atoms with E-state index in [1.165, 1.54) is 12.1 Å². The van der Waals surface area contributed by atoms with E-state index in [2.05, 4.69) is 0 Å². The molecule has 0 amide bonds. The van der Waals surface area contributed by atoms with Crippen LogP contribution in [0.4, 0.5) is 0 Å². The van der Waals surface area contributed by atoms with Crippen LogP contribution in [-0.4, -0.2) is 28.8 Å². The van der Waals surface area contributed by atoms with Gasteiger partial charge in [-0.15, -0.1) is 0 Å². The zero-order valence-corrected chi connectivity index (χ0v) is 9.00. The van der Waals surface area contributed by atoms with E-state index >= 15 is 0 Å². The minimum Gasteiger partial charge on any atom is -0.479 e. The Kier molecular flexibility index (Phi) is 4.54. The molecule has 1 atom stereocenters. The van der Waals surface area contributed by atoms with Gasteiger partial charge in [0.2, 0.25) is 0 Å². The lowest BCUT2D eigenvalue weighted by molar-refractivity contribution is -0.146. The SMILES string of the molecule is O=CCCc1cc(C=O)cc(C(O)C(=O)O)c1. The van der Waals surface area contributed by atoms with E-state index in [1.807, 2.05) is 0 Å². The molecule has 2 N–H and O–H groups in total. The van der Waals surface area contributed by atoms with Gasteiger partial charge in [-0.2, -0.15) is 0 Å². The molecule has 1 aromatic carbocycles. The Bertz CT molecular complexity index is 439. The van der Waals surface area contributed by atoms with Crippen molar-refractivity contribution in [3.05, 3.63) is 34.9 Å². The molecule has 0 fully saturated rings. The second-order valence-corrected chi connectivity index (χ2v) is 3.57. The standard InChI is InChI=1S/C12H12O5/c13-3-1-2-8-4-9(7-14)6-10(5-8)11(15)12(16)17/h3-7,11,15H,1-2H2,(H,16,17). The Hall–Kier alpha value is -2.01. The molecule has 1 unspecified atom stereocenters. The van der Waals surface area contributed by atoms with Gasteiger partial charge in [0.15, 0.2) is 6.10 Å². The topological polar surface area (TPSA) is 91.7 Å². The van der Waals surface area contributed by atoms with E-state index in [0.29, 0.717) is 18.3 Å². The predicted molar refractivity (Wildman–Crippen MR) is 58.8 cm³/mol. The van der Waals surface area contributed by atoms with Crippen molar-refractivity contribution in [3.63, 3.8) is 0 Å². The number of benzene rings is 1. The Labute approximate surface area is 97.7 Å². The summed E-state index contributed by atoms with van der Waals surface area (Å²) >= 11 is 0. The van der Waals surface area contributed by atoms with E-state index in [9.17, 15) is 19.5 Å². The second kappa shape index (κ2) is 5.91. The van der Waals surface area contributed by atoms with Gasteiger partial charge in [-0.1, -0.05) is 6.07 Å².